The zero-order valence-electron chi connectivity index (χ0n) is 10.5. The smallest absolute Gasteiger partial charge is 0.248 e. The van der Waals surface area contributed by atoms with E-state index in [0.29, 0.717) is 5.75 Å². The van der Waals surface area contributed by atoms with Crippen LogP contribution < -0.4 is 15.2 Å². The lowest BCUT2D eigenvalue weighted by Gasteiger charge is -2.23. The van der Waals surface area contributed by atoms with Gasteiger partial charge in [-0.25, -0.2) is 0 Å². The van der Waals surface area contributed by atoms with Crippen LogP contribution in [0.4, 0.5) is 5.95 Å². The predicted molar refractivity (Wildman–Crippen MR) is 65.7 cm³/mol. The number of methoxy groups -OCH3 is 1. The monoisotopic (exact) mass is 272 g/mol. The molecule has 2 aromatic rings. The third kappa shape index (κ3) is 1.96. The van der Waals surface area contributed by atoms with Gasteiger partial charge in [-0.2, -0.15) is 4.68 Å². The van der Waals surface area contributed by atoms with Crippen molar-refractivity contribution in [2.24, 2.45) is 0 Å². The number of benzene rings is 1. The minimum atomic E-state index is -1.31. The Kier molecular flexibility index (Phi) is 2.82. The fourth-order valence-electron chi connectivity index (χ4n) is 2.01. The van der Waals surface area contributed by atoms with Gasteiger partial charge in [-0.15, -0.1) is 0 Å². The number of ether oxygens (including phenoxy) is 1. The molecular formula is C12H10N5O3-. The second-order valence-corrected chi connectivity index (χ2v) is 4.16. The van der Waals surface area contributed by atoms with Crippen molar-refractivity contribution < 1.29 is 14.6 Å². The number of tetrazole rings is 1. The van der Waals surface area contributed by atoms with Crippen LogP contribution in [0.3, 0.4) is 0 Å². The molecule has 1 aliphatic rings. The molecule has 1 atom stereocenters. The Morgan fingerprint density at radius 1 is 1.40 bits per heavy atom. The molecule has 0 saturated heterocycles. The number of carboxylic acids is 1. The lowest BCUT2D eigenvalue weighted by molar-refractivity contribution is -0.299. The first kappa shape index (κ1) is 12.2. The summed E-state index contributed by atoms with van der Waals surface area (Å²) in [5.74, 6) is -0.339. The highest BCUT2D eigenvalue weighted by Gasteiger charge is 2.23. The average Bonchev–Trinajstić information content (AvgIpc) is 2.94. The van der Waals surface area contributed by atoms with Crippen molar-refractivity contribution in [3.8, 4) is 5.75 Å². The normalized spacial score (nSPS) is 16.9. The molecule has 1 aliphatic heterocycles. The van der Waals surface area contributed by atoms with Crippen LogP contribution in [-0.4, -0.2) is 33.3 Å². The molecule has 102 valence electrons. The minimum Gasteiger partial charge on any atom is -0.543 e. The fourth-order valence-corrected chi connectivity index (χ4v) is 2.01. The minimum absolute atomic E-state index is 0.0619. The van der Waals surface area contributed by atoms with E-state index in [1.54, 1.807) is 19.2 Å². The molecule has 0 fully saturated rings. The number of hydrogen-bond donors (Lipinski definition) is 1. The first-order valence-corrected chi connectivity index (χ1v) is 5.81. The Balaban J connectivity index is 2.04. The van der Waals surface area contributed by atoms with Crippen LogP contribution in [0, 0.1) is 0 Å². The Hall–Kier alpha value is -2.90. The number of fused-ring (bicyclic) bond motifs is 1. The molecule has 1 N–H and O–H groups in total. The molecule has 0 saturated carbocycles. The summed E-state index contributed by atoms with van der Waals surface area (Å²) in [5, 5.41) is 24.7. The summed E-state index contributed by atoms with van der Waals surface area (Å²) in [6.45, 7) is 0. The van der Waals surface area contributed by atoms with Crippen molar-refractivity contribution in [3.63, 3.8) is 0 Å². The highest BCUT2D eigenvalue weighted by Crippen LogP contribution is 2.28. The van der Waals surface area contributed by atoms with Gasteiger partial charge >= 0.3 is 0 Å². The van der Waals surface area contributed by atoms with Crippen molar-refractivity contribution in [1.29, 1.82) is 0 Å². The standard InChI is InChI=1S/C12H11N5O3/c1-20-8-4-2-7(3-5-8)10-6-9(11(18)19)13-12-14-15-16-17(10)12/h2-6,10H,1H3,(H,18,19)(H,13,14,16)/p-1/t10-/m0/s1. The second kappa shape index (κ2) is 4.65. The number of aromatic nitrogens is 4. The lowest BCUT2D eigenvalue weighted by atomic mass is 10.0. The number of aliphatic carboxylic acids is 1. The number of carboxylic acid groups (broad SMARTS) is 1. The summed E-state index contributed by atoms with van der Waals surface area (Å²) in [6, 6.07) is 6.80. The Morgan fingerprint density at radius 3 is 2.80 bits per heavy atom. The van der Waals surface area contributed by atoms with Crippen molar-refractivity contribution >= 4 is 11.9 Å². The summed E-state index contributed by atoms with van der Waals surface area (Å²) in [4.78, 5) is 11.0. The largest absolute Gasteiger partial charge is 0.543 e. The number of hydrogen-bond acceptors (Lipinski definition) is 7. The van der Waals surface area contributed by atoms with Gasteiger partial charge in [0.05, 0.1) is 18.8 Å². The molecule has 0 radical (unpaired) electrons. The zero-order chi connectivity index (χ0) is 14.1. The lowest BCUT2D eigenvalue weighted by Crippen LogP contribution is -2.32. The number of carbonyl (C=O) groups is 1. The second-order valence-electron chi connectivity index (χ2n) is 4.16. The van der Waals surface area contributed by atoms with Gasteiger partial charge in [-0.05, 0) is 34.2 Å². The van der Waals surface area contributed by atoms with E-state index in [2.05, 4.69) is 20.8 Å². The van der Waals surface area contributed by atoms with E-state index in [1.165, 1.54) is 10.8 Å². The topological polar surface area (TPSA) is 105 Å². The molecule has 20 heavy (non-hydrogen) atoms. The SMILES string of the molecule is COc1ccc([C@@H]2C=C(C(=O)[O-])Nc3nnnn32)cc1. The third-order valence-corrected chi connectivity index (χ3v) is 3.00. The number of carbonyl (C=O) groups excluding carboxylic acids is 1. The van der Waals surface area contributed by atoms with E-state index < -0.39 is 12.0 Å². The first-order chi connectivity index (χ1) is 9.69. The van der Waals surface area contributed by atoms with Gasteiger partial charge in [0.25, 0.3) is 0 Å². The molecule has 1 aromatic heterocycles. The van der Waals surface area contributed by atoms with Gasteiger partial charge in [0.15, 0.2) is 0 Å². The van der Waals surface area contributed by atoms with E-state index >= 15 is 0 Å². The van der Waals surface area contributed by atoms with Crippen molar-refractivity contribution in [2.45, 2.75) is 6.04 Å². The molecule has 0 aliphatic carbocycles. The fraction of sp³-hybridized carbons (Fsp3) is 0.167. The highest BCUT2D eigenvalue weighted by molar-refractivity contribution is 5.88. The first-order valence-electron chi connectivity index (χ1n) is 5.81. The third-order valence-electron chi connectivity index (χ3n) is 3.00. The predicted octanol–water partition coefficient (Wildman–Crippen LogP) is -0.670. The maximum Gasteiger partial charge on any atom is 0.248 e. The molecule has 3 rings (SSSR count). The van der Waals surface area contributed by atoms with E-state index in [-0.39, 0.29) is 11.6 Å². The van der Waals surface area contributed by atoms with Crippen molar-refractivity contribution in [2.75, 3.05) is 12.4 Å². The molecule has 0 amide bonds. The summed E-state index contributed by atoms with van der Waals surface area (Å²) in [6.07, 6.45) is 1.50. The van der Waals surface area contributed by atoms with Crippen molar-refractivity contribution in [3.05, 3.63) is 41.6 Å². The molecule has 0 unspecified atom stereocenters. The van der Waals surface area contributed by atoms with Gasteiger partial charge in [0, 0.05) is 0 Å². The average molecular weight is 272 g/mol. The Bertz CT molecular complexity index is 677. The van der Waals surface area contributed by atoms with Crippen LogP contribution in [-0.2, 0) is 4.79 Å². The molecule has 1 aromatic carbocycles. The number of rotatable bonds is 3. The number of nitrogens with one attached hydrogen (secondary N) is 1. The number of anilines is 1. The van der Waals surface area contributed by atoms with E-state index in [9.17, 15) is 9.90 Å². The van der Waals surface area contributed by atoms with Crippen LogP contribution in [0.1, 0.15) is 11.6 Å². The maximum atomic E-state index is 11.0. The van der Waals surface area contributed by atoms with Gasteiger partial charge in [-0.3, -0.25) is 0 Å². The van der Waals surface area contributed by atoms with E-state index in [0.717, 1.165) is 5.56 Å². The van der Waals surface area contributed by atoms with Crippen LogP contribution in [0.5, 0.6) is 5.75 Å². The molecule has 0 bridgehead atoms. The molecular weight excluding hydrogens is 262 g/mol. The zero-order valence-corrected chi connectivity index (χ0v) is 10.5. The van der Waals surface area contributed by atoms with Gasteiger partial charge in [0.2, 0.25) is 5.95 Å². The molecule has 8 nitrogen and oxygen atoms in total. The van der Waals surface area contributed by atoms with Crippen molar-refractivity contribution in [1.82, 2.24) is 20.2 Å². The maximum absolute atomic E-state index is 11.0. The summed E-state index contributed by atoms with van der Waals surface area (Å²) in [7, 11) is 1.58. The van der Waals surface area contributed by atoms with E-state index in [1.807, 2.05) is 12.1 Å². The Labute approximate surface area is 113 Å². The van der Waals surface area contributed by atoms with E-state index in [4.69, 9.17) is 4.74 Å². The quantitative estimate of drug-likeness (QED) is 0.790. The van der Waals surface area contributed by atoms with Gasteiger partial charge in [0.1, 0.15) is 11.8 Å². The summed E-state index contributed by atoms with van der Waals surface area (Å²) in [5.41, 5.74) is 0.771. The van der Waals surface area contributed by atoms with Crippen LogP contribution >= 0.6 is 0 Å². The Morgan fingerprint density at radius 2 is 2.15 bits per heavy atom. The highest BCUT2D eigenvalue weighted by atomic mass is 16.5. The number of nitrogens with zero attached hydrogens (tertiary/aromatic N) is 4. The van der Waals surface area contributed by atoms with Crippen LogP contribution in [0.2, 0.25) is 0 Å². The molecule has 8 heteroatoms. The summed E-state index contributed by atoms with van der Waals surface area (Å²) >= 11 is 0. The number of allylic oxidation sites excluding steroid dienone is 1. The van der Waals surface area contributed by atoms with Gasteiger partial charge in [-0.1, -0.05) is 17.2 Å². The summed E-state index contributed by atoms with van der Waals surface area (Å²) < 4.78 is 6.59. The molecule has 0 spiro atoms. The van der Waals surface area contributed by atoms with Crippen LogP contribution in [0.25, 0.3) is 0 Å². The van der Waals surface area contributed by atoms with Crippen LogP contribution in [0.15, 0.2) is 36.0 Å². The van der Waals surface area contributed by atoms with Gasteiger partial charge < -0.3 is 20.0 Å². The molecule has 2 heterocycles.